The van der Waals surface area contributed by atoms with E-state index >= 15 is 0 Å². The molecule has 3 amide bonds. The highest BCUT2D eigenvalue weighted by Crippen LogP contribution is 2.41. The molecule has 4 atom stereocenters. The van der Waals surface area contributed by atoms with E-state index in [0.717, 1.165) is 31.3 Å². The second-order valence-corrected chi connectivity index (χ2v) is 16.3. The molecule has 0 aliphatic heterocycles. The lowest BCUT2D eigenvalue weighted by molar-refractivity contribution is -0.145. The Kier molecular flexibility index (Phi) is 21.9. The Hall–Kier alpha value is -2.36. The monoisotopic (exact) mass is 685 g/mol. The van der Waals surface area contributed by atoms with E-state index in [1.165, 1.54) is 30.0 Å². The minimum absolute atomic E-state index is 0.0157. The zero-order chi connectivity index (χ0) is 35.4. The van der Waals surface area contributed by atoms with Crippen LogP contribution >= 0.6 is 19.1 Å². The molecule has 46 heavy (non-hydrogen) atoms. The predicted octanol–water partition coefficient (Wildman–Crippen LogP) is 5.76. The number of ether oxygens (including phenoxy) is 1. The fourth-order valence-electron chi connectivity index (χ4n) is 4.45. The SMILES string of the molecule is COC(=O)C(CCSC)NC(=O)C(NC(=O)C(NC(=O)CCP(=O)(O)CC=C(C)CCC=C(C)CCC=C(C)C)C(C)C)C(C)C. The Labute approximate surface area is 281 Å². The van der Waals surface area contributed by atoms with Crippen molar-refractivity contribution in [1.29, 1.82) is 0 Å². The van der Waals surface area contributed by atoms with Crippen molar-refractivity contribution in [2.75, 3.05) is 31.4 Å². The van der Waals surface area contributed by atoms with Crippen LogP contribution in [-0.2, 0) is 28.5 Å². The number of allylic oxidation sites excluding steroid dienone is 6. The molecule has 10 nitrogen and oxygen atoms in total. The van der Waals surface area contributed by atoms with Crippen molar-refractivity contribution < 1.29 is 33.4 Å². The van der Waals surface area contributed by atoms with Crippen molar-refractivity contribution >= 4 is 42.8 Å². The third kappa shape index (κ3) is 19.3. The standard InChI is InChI=1S/C34H60N3O7PS/c1-23(2)13-11-14-26(7)15-12-16-27(8)17-20-45(42,43)21-18-29(38)36-30(24(3)4)33(40)37-31(25(5)6)32(39)35-28(19-22-46-10)34(41)44-9/h13,15,17,24-25,28,30-31H,11-12,14,16,18-22H2,1-10H3,(H,35,39)(H,36,38)(H,37,40)(H,42,43). The number of carbonyl (C=O) groups excluding carboxylic acids is 4. The zero-order valence-corrected chi connectivity index (χ0v) is 31.4. The van der Waals surface area contributed by atoms with Crippen LogP contribution in [0, 0.1) is 11.8 Å². The van der Waals surface area contributed by atoms with Gasteiger partial charge in [0.2, 0.25) is 25.1 Å². The number of rotatable bonds is 22. The lowest BCUT2D eigenvalue weighted by Gasteiger charge is -2.28. The number of esters is 1. The summed E-state index contributed by atoms with van der Waals surface area (Å²) in [6, 6.07) is -2.77. The molecular formula is C34H60N3O7PS. The van der Waals surface area contributed by atoms with E-state index in [1.54, 1.807) is 33.8 Å². The van der Waals surface area contributed by atoms with Gasteiger partial charge in [-0.2, -0.15) is 11.8 Å². The van der Waals surface area contributed by atoms with Crippen LogP contribution in [-0.4, -0.2) is 78.2 Å². The number of nitrogens with one attached hydrogen (secondary N) is 3. The van der Waals surface area contributed by atoms with E-state index in [1.807, 2.05) is 13.2 Å². The van der Waals surface area contributed by atoms with E-state index < -0.39 is 49.2 Å². The Morgan fingerprint density at radius 2 is 1.33 bits per heavy atom. The van der Waals surface area contributed by atoms with Gasteiger partial charge in [-0.3, -0.25) is 18.9 Å². The molecule has 0 aromatic carbocycles. The third-order valence-corrected chi connectivity index (χ3v) is 9.78. The van der Waals surface area contributed by atoms with Gasteiger partial charge in [0.25, 0.3) is 0 Å². The first-order valence-corrected chi connectivity index (χ1v) is 19.6. The Morgan fingerprint density at radius 1 is 0.804 bits per heavy atom. The maximum absolute atomic E-state index is 13.3. The number of hydrogen-bond donors (Lipinski definition) is 4. The molecule has 0 aliphatic carbocycles. The Morgan fingerprint density at radius 3 is 1.85 bits per heavy atom. The molecule has 0 radical (unpaired) electrons. The number of thioether (sulfide) groups is 1. The summed E-state index contributed by atoms with van der Waals surface area (Å²) in [6.07, 6.45) is 11.7. The molecule has 0 heterocycles. The summed E-state index contributed by atoms with van der Waals surface area (Å²) in [5.74, 6) is -2.16. The van der Waals surface area contributed by atoms with Gasteiger partial charge in [0.1, 0.15) is 18.1 Å². The fourth-order valence-corrected chi connectivity index (χ4v) is 6.26. The van der Waals surface area contributed by atoms with Crippen molar-refractivity contribution in [2.24, 2.45) is 11.8 Å². The molecule has 0 aliphatic rings. The van der Waals surface area contributed by atoms with Crippen LogP contribution in [0.25, 0.3) is 0 Å². The maximum atomic E-state index is 13.3. The van der Waals surface area contributed by atoms with Gasteiger partial charge >= 0.3 is 5.97 Å². The Balaban J connectivity index is 5.14. The van der Waals surface area contributed by atoms with Gasteiger partial charge in [0, 0.05) is 18.7 Å². The molecule has 0 spiro atoms. The summed E-state index contributed by atoms with van der Waals surface area (Å²) in [5, 5.41) is 8.08. The number of carbonyl (C=O) groups is 4. The maximum Gasteiger partial charge on any atom is 0.328 e. The number of hydrogen-bond acceptors (Lipinski definition) is 7. The summed E-state index contributed by atoms with van der Waals surface area (Å²) in [5.41, 5.74) is 3.66. The van der Waals surface area contributed by atoms with Crippen molar-refractivity contribution in [2.45, 2.75) is 112 Å². The van der Waals surface area contributed by atoms with Crippen LogP contribution in [0.15, 0.2) is 34.9 Å². The molecule has 264 valence electrons. The molecule has 0 saturated heterocycles. The molecule has 0 saturated carbocycles. The second-order valence-electron chi connectivity index (χ2n) is 12.8. The van der Waals surface area contributed by atoms with Crippen LogP contribution in [0.5, 0.6) is 0 Å². The minimum atomic E-state index is -3.60. The summed E-state index contributed by atoms with van der Waals surface area (Å²) in [6.45, 7) is 15.3. The van der Waals surface area contributed by atoms with E-state index in [0.29, 0.717) is 12.2 Å². The van der Waals surface area contributed by atoms with Crippen LogP contribution in [0.4, 0.5) is 0 Å². The minimum Gasteiger partial charge on any atom is -0.467 e. The van der Waals surface area contributed by atoms with Gasteiger partial charge in [-0.25, -0.2) is 4.79 Å². The summed E-state index contributed by atoms with van der Waals surface area (Å²) in [4.78, 5) is 61.8. The van der Waals surface area contributed by atoms with Crippen molar-refractivity contribution in [3.8, 4) is 0 Å². The summed E-state index contributed by atoms with van der Waals surface area (Å²) in [7, 11) is -2.35. The van der Waals surface area contributed by atoms with Gasteiger partial charge in [-0.05, 0) is 83.6 Å². The van der Waals surface area contributed by atoms with Crippen LogP contribution in [0.1, 0.15) is 93.9 Å². The molecule has 4 N–H and O–H groups in total. The molecule has 0 fully saturated rings. The lowest BCUT2D eigenvalue weighted by Crippen LogP contribution is -2.58. The number of methoxy groups -OCH3 is 1. The molecule has 0 aromatic rings. The average Bonchev–Trinajstić information content (AvgIpc) is 2.97. The molecule has 0 rings (SSSR count). The van der Waals surface area contributed by atoms with Crippen LogP contribution < -0.4 is 16.0 Å². The predicted molar refractivity (Wildman–Crippen MR) is 190 cm³/mol. The van der Waals surface area contributed by atoms with Gasteiger partial charge in [0.15, 0.2) is 0 Å². The zero-order valence-electron chi connectivity index (χ0n) is 29.7. The van der Waals surface area contributed by atoms with Gasteiger partial charge in [-0.1, -0.05) is 62.6 Å². The van der Waals surface area contributed by atoms with E-state index in [2.05, 4.69) is 48.9 Å². The van der Waals surface area contributed by atoms with Crippen molar-refractivity contribution in [3.63, 3.8) is 0 Å². The largest absolute Gasteiger partial charge is 0.467 e. The first kappa shape index (κ1) is 43.6. The van der Waals surface area contributed by atoms with Gasteiger partial charge in [-0.15, -0.1) is 0 Å². The smallest absolute Gasteiger partial charge is 0.328 e. The summed E-state index contributed by atoms with van der Waals surface area (Å²) >= 11 is 1.53. The van der Waals surface area contributed by atoms with E-state index in [4.69, 9.17) is 4.74 Å². The first-order valence-electron chi connectivity index (χ1n) is 16.2. The van der Waals surface area contributed by atoms with Gasteiger partial charge < -0.3 is 25.6 Å². The van der Waals surface area contributed by atoms with E-state index in [-0.39, 0.29) is 30.6 Å². The van der Waals surface area contributed by atoms with Crippen molar-refractivity contribution in [1.82, 2.24) is 16.0 Å². The highest BCUT2D eigenvalue weighted by atomic mass is 32.2. The number of amides is 3. The normalized spacial score (nSPS) is 15.4. The van der Waals surface area contributed by atoms with E-state index in [9.17, 15) is 28.6 Å². The highest BCUT2D eigenvalue weighted by molar-refractivity contribution is 7.98. The van der Waals surface area contributed by atoms with Crippen LogP contribution in [0.2, 0.25) is 0 Å². The first-order chi connectivity index (χ1) is 21.4. The highest BCUT2D eigenvalue weighted by Gasteiger charge is 2.33. The molecular weight excluding hydrogens is 625 g/mol. The van der Waals surface area contributed by atoms with Gasteiger partial charge in [0.05, 0.1) is 7.11 Å². The quantitative estimate of drug-likeness (QED) is 0.0639. The van der Waals surface area contributed by atoms with Crippen LogP contribution in [0.3, 0.4) is 0 Å². The molecule has 12 heteroatoms. The lowest BCUT2D eigenvalue weighted by atomic mass is 9.99. The average molecular weight is 686 g/mol. The fraction of sp³-hybridized carbons (Fsp3) is 0.706. The van der Waals surface area contributed by atoms with Crippen molar-refractivity contribution in [3.05, 3.63) is 34.9 Å². The molecule has 4 unspecified atom stereocenters. The topological polar surface area (TPSA) is 151 Å². The second kappa shape index (κ2) is 23.0. The molecule has 0 bridgehead atoms. The Bertz CT molecular complexity index is 1130. The molecule has 0 aromatic heterocycles. The summed E-state index contributed by atoms with van der Waals surface area (Å²) < 4.78 is 17.6. The third-order valence-electron chi connectivity index (χ3n) is 7.46.